The summed E-state index contributed by atoms with van der Waals surface area (Å²) in [5.41, 5.74) is 0.584. The summed E-state index contributed by atoms with van der Waals surface area (Å²) < 4.78 is 6.81. The molecule has 1 N–H and O–H groups in total. The Bertz CT molecular complexity index is 1010. The van der Waals surface area contributed by atoms with E-state index in [-0.39, 0.29) is 12.1 Å². The summed E-state index contributed by atoms with van der Waals surface area (Å²) in [5, 5.41) is 10.7. The van der Waals surface area contributed by atoms with Crippen LogP contribution in [0, 0.1) is 0 Å². The minimum atomic E-state index is -1.09. The van der Waals surface area contributed by atoms with E-state index >= 15 is 0 Å². The number of aromatic nitrogens is 1. The van der Waals surface area contributed by atoms with Crippen LogP contribution >= 0.6 is 23.2 Å². The smallest absolute Gasteiger partial charge is 0.341 e. The summed E-state index contributed by atoms with van der Waals surface area (Å²) in [4.78, 5) is 23.5. The first-order valence-electron chi connectivity index (χ1n) is 7.36. The van der Waals surface area contributed by atoms with Gasteiger partial charge in [-0.1, -0.05) is 47.5 Å². The van der Waals surface area contributed by atoms with Crippen LogP contribution in [0.3, 0.4) is 0 Å². The molecule has 0 fully saturated rings. The highest BCUT2D eigenvalue weighted by molar-refractivity contribution is 6.42. The molecule has 1 heterocycles. The SMILES string of the molecule is O=C(O)COc1cn(Cc2ccc(Cl)c(Cl)c2)c(=O)c2ccccc12. The van der Waals surface area contributed by atoms with E-state index in [1.165, 1.54) is 10.8 Å². The van der Waals surface area contributed by atoms with Crippen LogP contribution in [-0.4, -0.2) is 22.2 Å². The van der Waals surface area contributed by atoms with Crippen molar-refractivity contribution >= 4 is 39.9 Å². The average Bonchev–Trinajstić information content (AvgIpc) is 2.59. The van der Waals surface area contributed by atoms with Gasteiger partial charge in [0, 0.05) is 5.39 Å². The molecule has 0 spiro atoms. The van der Waals surface area contributed by atoms with E-state index in [2.05, 4.69) is 0 Å². The normalized spacial score (nSPS) is 10.8. The Hall–Kier alpha value is -2.50. The summed E-state index contributed by atoms with van der Waals surface area (Å²) in [5.74, 6) is -0.760. The number of rotatable bonds is 5. The van der Waals surface area contributed by atoms with E-state index in [9.17, 15) is 9.59 Å². The highest BCUT2D eigenvalue weighted by Gasteiger charge is 2.11. The van der Waals surface area contributed by atoms with E-state index < -0.39 is 12.6 Å². The zero-order valence-corrected chi connectivity index (χ0v) is 14.4. The lowest BCUT2D eigenvalue weighted by molar-refractivity contribution is -0.139. The molecule has 0 bridgehead atoms. The first-order valence-corrected chi connectivity index (χ1v) is 8.12. The van der Waals surface area contributed by atoms with Crippen LogP contribution in [0.4, 0.5) is 0 Å². The van der Waals surface area contributed by atoms with Crippen molar-refractivity contribution in [3.63, 3.8) is 0 Å². The van der Waals surface area contributed by atoms with Crippen LogP contribution in [0.1, 0.15) is 5.56 Å². The van der Waals surface area contributed by atoms with Crippen molar-refractivity contribution in [2.75, 3.05) is 6.61 Å². The van der Waals surface area contributed by atoms with Crippen molar-refractivity contribution in [2.24, 2.45) is 0 Å². The maximum absolute atomic E-state index is 12.7. The van der Waals surface area contributed by atoms with E-state index in [0.717, 1.165) is 5.56 Å². The fourth-order valence-corrected chi connectivity index (χ4v) is 2.84. The van der Waals surface area contributed by atoms with Crippen LogP contribution in [0.25, 0.3) is 10.8 Å². The van der Waals surface area contributed by atoms with Gasteiger partial charge in [-0.05, 0) is 23.8 Å². The zero-order chi connectivity index (χ0) is 18.0. The van der Waals surface area contributed by atoms with E-state index in [4.69, 9.17) is 33.0 Å². The molecule has 0 radical (unpaired) electrons. The van der Waals surface area contributed by atoms with Crippen molar-refractivity contribution < 1.29 is 14.6 Å². The molecule has 7 heteroatoms. The second-order valence-corrected chi connectivity index (χ2v) is 6.22. The van der Waals surface area contributed by atoms with Gasteiger partial charge in [-0.25, -0.2) is 4.79 Å². The van der Waals surface area contributed by atoms with Gasteiger partial charge in [0.15, 0.2) is 6.61 Å². The van der Waals surface area contributed by atoms with Crippen LogP contribution in [-0.2, 0) is 11.3 Å². The average molecular weight is 378 g/mol. The molecule has 1 aromatic heterocycles. The van der Waals surface area contributed by atoms with Crippen molar-refractivity contribution in [3.8, 4) is 5.75 Å². The molecular weight excluding hydrogens is 365 g/mol. The number of ether oxygens (including phenoxy) is 1. The standard InChI is InChI=1S/C18H13Cl2NO4/c19-14-6-5-11(7-15(14)20)8-21-9-16(25-10-17(22)23)12-3-1-2-4-13(12)18(21)24/h1-7,9H,8,10H2,(H,22,23). The van der Waals surface area contributed by atoms with Crippen molar-refractivity contribution in [1.82, 2.24) is 4.57 Å². The molecule has 128 valence electrons. The van der Waals surface area contributed by atoms with Gasteiger partial charge in [-0.15, -0.1) is 0 Å². The molecule has 25 heavy (non-hydrogen) atoms. The van der Waals surface area contributed by atoms with E-state index in [0.29, 0.717) is 26.6 Å². The van der Waals surface area contributed by atoms with Gasteiger partial charge in [-0.3, -0.25) is 4.79 Å². The number of hydrogen-bond donors (Lipinski definition) is 1. The Kier molecular flexibility index (Phi) is 4.97. The molecule has 0 saturated carbocycles. The molecule has 0 saturated heterocycles. The molecule has 0 aliphatic carbocycles. The van der Waals surface area contributed by atoms with Gasteiger partial charge in [-0.2, -0.15) is 0 Å². The number of aliphatic carboxylic acids is 1. The number of hydrogen-bond acceptors (Lipinski definition) is 3. The fourth-order valence-electron chi connectivity index (χ4n) is 2.52. The number of benzene rings is 2. The summed E-state index contributed by atoms with van der Waals surface area (Å²) in [6, 6.07) is 12.0. The lowest BCUT2D eigenvalue weighted by Gasteiger charge is -2.13. The van der Waals surface area contributed by atoms with Crippen molar-refractivity contribution in [2.45, 2.75) is 6.54 Å². The monoisotopic (exact) mass is 377 g/mol. The van der Waals surface area contributed by atoms with Gasteiger partial charge in [0.1, 0.15) is 5.75 Å². The molecule has 0 unspecified atom stereocenters. The number of nitrogens with zero attached hydrogens (tertiary/aromatic N) is 1. The van der Waals surface area contributed by atoms with Gasteiger partial charge >= 0.3 is 5.97 Å². The second-order valence-electron chi connectivity index (χ2n) is 5.40. The third-order valence-corrected chi connectivity index (χ3v) is 4.38. The third-order valence-electron chi connectivity index (χ3n) is 3.64. The quantitative estimate of drug-likeness (QED) is 0.733. The van der Waals surface area contributed by atoms with Gasteiger partial charge < -0.3 is 14.4 Å². The Morgan fingerprint density at radius 3 is 2.48 bits per heavy atom. The molecule has 5 nitrogen and oxygen atoms in total. The molecule has 2 aromatic carbocycles. The van der Waals surface area contributed by atoms with Crippen LogP contribution in [0.15, 0.2) is 53.5 Å². The minimum absolute atomic E-state index is 0.204. The highest BCUT2D eigenvalue weighted by Crippen LogP contribution is 2.25. The number of carboxylic acids is 1. The summed E-state index contributed by atoms with van der Waals surface area (Å²) >= 11 is 11.9. The maximum Gasteiger partial charge on any atom is 0.341 e. The first-order chi connectivity index (χ1) is 12.0. The number of carboxylic acid groups (broad SMARTS) is 1. The third kappa shape index (κ3) is 3.78. The predicted molar refractivity (Wildman–Crippen MR) is 96.9 cm³/mol. The van der Waals surface area contributed by atoms with Gasteiger partial charge in [0.05, 0.1) is 28.2 Å². The summed E-state index contributed by atoms with van der Waals surface area (Å²) in [6.45, 7) is -0.237. The lowest BCUT2D eigenvalue weighted by atomic mass is 10.1. The van der Waals surface area contributed by atoms with Crippen molar-refractivity contribution in [3.05, 3.63) is 74.6 Å². The Balaban J connectivity index is 2.07. The highest BCUT2D eigenvalue weighted by atomic mass is 35.5. The van der Waals surface area contributed by atoms with Crippen LogP contribution in [0.2, 0.25) is 10.0 Å². The van der Waals surface area contributed by atoms with Crippen LogP contribution in [0.5, 0.6) is 5.75 Å². The second kappa shape index (κ2) is 7.17. The van der Waals surface area contributed by atoms with Gasteiger partial charge in [0.25, 0.3) is 5.56 Å². The molecule has 0 aliphatic heterocycles. The molecule has 0 atom stereocenters. The first kappa shape index (κ1) is 17.3. The fraction of sp³-hybridized carbons (Fsp3) is 0.111. The molecule has 0 amide bonds. The molecule has 3 rings (SSSR count). The molecule has 3 aromatic rings. The zero-order valence-electron chi connectivity index (χ0n) is 12.9. The maximum atomic E-state index is 12.7. The van der Waals surface area contributed by atoms with E-state index in [1.807, 2.05) is 0 Å². The Morgan fingerprint density at radius 1 is 1.08 bits per heavy atom. The largest absolute Gasteiger partial charge is 0.480 e. The summed E-state index contributed by atoms with van der Waals surface area (Å²) in [7, 11) is 0. The number of pyridine rings is 1. The molecular formula is C18H13Cl2NO4. The van der Waals surface area contributed by atoms with E-state index in [1.54, 1.807) is 42.5 Å². The lowest BCUT2D eigenvalue weighted by Crippen LogP contribution is -2.21. The number of carbonyl (C=O) groups is 1. The topological polar surface area (TPSA) is 68.5 Å². The Labute approximate surface area is 153 Å². The van der Waals surface area contributed by atoms with Crippen molar-refractivity contribution in [1.29, 1.82) is 0 Å². The van der Waals surface area contributed by atoms with Gasteiger partial charge in [0.2, 0.25) is 0 Å². The van der Waals surface area contributed by atoms with Crippen LogP contribution < -0.4 is 10.3 Å². The number of halogens is 2. The Morgan fingerprint density at radius 2 is 1.80 bits per heavy atom. The minimum Gasteiger partial charge on any atom is -0.480 e. The predicted octanol–water partition coefficient (Wildman–Crippen LogP) is 3.82. The summed E-state index contributed by atoms with van der Waals surface area (Å²) in [6.07, 6.45) is 1.51. The molecule has 0 aliphatic rings. The number of fused-ring (bicyclic) bond motifs is 1.